The number of hydrogen-bond donors (Lipinski definition) is 2. The average molecular weight is 283 g/mol. The van der Waals surface area contributed by atoms with Gasteiger partial charge in [-0.1, -0.05) is 11.6 Å². The normalized spacial score (nSPS) is 10.6. The molecule has 2 amide bonds. The largest absolute Gasteiger partial charge is 0.350 e. The van der Waals surface area contributed by atoms with Crippen LogP contribution in [0.15, 0.2) is 15.6 Å². The van der Waals surface area contributed by atoms with Crippen molar-refractivity contribution in [3.05, 3.63) is 19.8 Å². The van der Waals surface area contributed by atoms with Crippen LogP contribution in [0.1, 0.15) is 4.88 Å². The number of nitrogens with two attached hydrogens (primary N) is 1. The fourth-order valence-corrected chi connectivity index (χ4v) is 2.19. The maximum Gasteiger partial charge on any atom is 0.332 e. The minimum Gasteiger partial charge on any atom is -0.350 e. The van der Waals surface area contributed by atoms with Crippen LogP contribution in [0.4, 0.5) is 4.79 Å². The Morgan fingerprint density at radius 1 is 1.85 bits per heavy atom. The second-order valence-corrected chi connectivity index (χ2v) is 4.54. The number of hydrogen-bond acceptors (Lipinski definition) is 3. The van der Waals surface area contributed by atoms with Gasteiger partial charge in [-0.05, 0) is 22.0 Å². The predicted octanol–water partition coefficient (Wildman–Crippen LogP) is 2.17. The monoisotopic (exact) mass is 281 g/mol. The second kappa shape index (κ2) is 4.59. The summed E-state index contributed by atoms with van der Waals surface area (Å²) in [6, 6.07) is 1.09. The smallest absolute Gasteiger partial charge is 0.332 e. The SMILES string of the molecule is NC(=O)N/N=C/c1cc(Br)c(Cl)s1. The minimum atomic E-state index is -0.696. The standard InChI is InChI=1S/C6H5BrClN3OS/c7-4-1-3(13-5(4)8)2-10-11-6(9)12/h1-2H,(H3,9,11,12)/b10-2+. The van der Waals surface area contributed by atoms with Crippen molar-refractivity contribution in [1.82, 2.24) is 5.43 Å². The number of thiophene rings is 1. The van der Waals surface area contributed by atoms with E-state index in [2.05, 4.69) is 26.5 Å². The molecule has 0 saturated carbocycles. The molecule has 0 saturated heterocycles. The Kier molecular flexibility index (Phi) is 3.71. The lowest BCUT2D eigenvalue weighted by molar-refractivity contribution is 0.249. The van der Waals surface area contributed by atoms with Gasteiger partial charge < -0.3 is 5.73 Å². The molecule has 0 aliphatic carbocycles. The fraction of sp³-hybridized carbons (Fsp3) is 0. The summed E-state index contributed by atoms with van der Waals surface area (Å²) in [4.78, 5) is 11.1. The zero-order valence-electron chi connectivity index (χ0n) is 6.25. The Morgan fingerprint density at radius 2 is 2.54 bits per heavy atom. The van der Waals surface area contributed by atoms with Crippen molar-refractivity contribution in [2.24, 2.45) is 10.8 Å². The van der Waals surface area contributed by atoms with E-state index in [1.54, 1.807) is 6.07 Å². The highest BCUT2D eigenvalue weighted by atomic mass is 79.9. The molecule has 7 heteroatoms. The Morgan fingerprint density at radius 3 is 3.00 bits per heavy atom. The van der Waals surface area contributed by atoms with E-state index in [0.29, 0.717) is 4.34 Å². The molecule has 70 valence electrons. The van der Waals surface area contributed by atoms with Crippen molar-refractivity contribution >= 4 is 51.1 Å². The van der Waals surface area contributed by atoms with Gasteiger partial charge in [-0.3, -0.25) is 0 Å². The van der Waals surface area contributed by atoms with Gasteiger partial charge in [-0.2, -0.15) is 5.10 Å². The van der Waals surface area contributed by atoms with Gasteiger partial charge in [0, 0.05) is 9.35 Å². The summed E-state index contributed by atoms with van der Waals surface area (Å²) in [7, 11) is 0. The molecule has 0 aliphatic heterocycles. The predicted molar refractivity (Wildman–Crippen MR) is 57.3 cm³/mol. The molecule has 0 bridgehead atoms. The number of primary amides is 1. The van der Waals surface area contributed by atoms with Crippen LogP contribution in [0.5, 0.6) is 0 Å². The Labute approximate surface area is 91.9 Å². The molecule has 13 heavy (non-hydrogen) atoms. The molecule has 0 aliphatic rings. The summed E-state index contributed by atoms with van der Waals surface area (Å²) in [6.45, 7) is 0. The van der Waals surface area contributed by atoms with Crippen LogP contribution in [-0.2, 0) is 0 Å². The first-order valence-corrected chi connectivity index (χ1v) is 5.11. The summed E-state index contributed by atoms with van der Waals surface area (Å²) < 4.78 is 1.44. The van der Waals surface area contributed by atoms with E-state index >= 15 is 0 Å². The van der Waals surface area contributed by atoms with Gasteiger partial charge >= 0.3 is 6.03 Å². The third-order valence-corrected chi connectivity index (χ3v) is 3.44. The van der Waals surface area contributed by atoms with Crippen LogP contribution in [-0.4, -0.2) is 12.2 Å². The summed E-state index contributed by atoms with van der Waals surface area (Å²) in [5.41, 5.74) is 6.88. The highest BCUT2D eigenvalue weighted by Gasteiger charge is 2.01. The van der Waals surface area contributed by atoms with Gasteiger partial charge in [0.15, 0.2) is 0 Å². The minimum absolute atomic E-state index is 0.639. The van der Waals surface area contributed by atoms with Gasteiger partial charge in [0.2, 0.25) is 0 Å². The zero-order chi connectivity index (χ0) is 9.84. The first-order valence-electron chi connectivity index (χ1n) is 3.13. The summed E-state index contributed by atoms with van der Waals surface area (Å²) in [6.07, 6.45) is 1.46. The number of nitrogens with one attached hydrogen (secondary N) is 1. The number of carbonyl (C=O) groups excluding carboxylic acids is 1. The molecular weight excluding hydrogens is 278 g/mol. The molecule has 0 atom stereocenters. The molecular formula is C6H5BrClN3OS. The maximum atomic E-state index is 10.2. The first-order chi connectivity index (χ1) is 6.09. The van der Waals surface area contributed by atoms with Crippen molar-refractivity contribution in [1.29, 1.82) is 0 Å². The van der Waals surface area contributed by atoms with Gasteiger partial charge in [0.05, 0.1) is 6.21 Å². The van der Waals surface area contributed by atoms with Gasteiger partial charge in [-0.15, -0.1) is 11.3 Å². The molecule has 1 aromatic heterocycles. The molecule has 1 aromatic rings. The van der Waals surface area contributed by atoms with E-state index in [1.807, 2.05) is 0 Å². The van der Waals surface area contributed by atoms with Crippen molar-refractivity contribution in [2.75, 3.05) is 0 Å². The van der Waals surface area contributed by atoms with Gasteiger partial charge in [-0.25, -0.2) is 10.2 Å². The zero-order valence-corrected chi connectivity index (χ0v) is 9.41. The molecule has 0 unspecified atom stereocenters. The number of urea groups is 1. The van der Waals surface area contributed by atoms with Crippen LogP contribution >= 0.6 is 38.9 Å². The Hall–Kier alpha value is -0.590. The lowest BCUT2D eigenvalue weighted by atomic mass is 10.5. The van der Waals surface area contributed by atoms with E-state index in [-0.39, 0.29) is 0 Å². The molecule has 4 nitrogen and oxygen atoms in total. The number of amides is 2. The lowest BCUT2D eigenvalue weighted by Gasteiger charge is -1.87. The third kappa shape index (κ3) is 3.33. The van der Waals surface area contributed by atoms with E-state index in [9.17, 15) is 4.79 Å². The van der Waals surface area contributed by atoms with Gasteiger partial charge in [0.1, 0.15) is 4.34 Å². The van der Waals surface area contributed by atoms with Crippen molar-refractivity contribution in [3.8, 4) is 0 Å². The molecule has 0 spiro atoms. The molecule has 3 N–H and O–H groups in total. The van der Waals surface area contributed by atoms with Crippen LogP contribution in [0.25, 0.3) is 0 Å². The molecule has 1 heterocycles. The number of nitrogens with zero attached hydrogens (tertiary/aromatic N) is 1. The van der Waals surface area contributed by atoms with Crippen molar-refractivity contribution in [2.45, 2.75) is 0 Å². The van der Waals surface area contributed by atoms with E-state index < -0.39 is 6.03 Å². The number of rotatable bonds is 2. The fourth-order valence-electron chi connectivity index (χ4n) is 0.586. The third-order valence-electron chi connectivity index (χ3n) is 1.03. The summed E-state index contributed by atoms with van der Waals surface area (Å²) in [5.74, 6) is 0. The highest BCUT2D eigenvalue weighted by molar-refractivity contribution is 9.10. The average Bonchev–Trinajstić information content (AvgIpc) is 2.30. The van der Waals surface area contributed by atoms with E-state index in [0.717, 1.165) is 9.35 Å². The van der Waals surface area contributed by atoms with Crippen molar-refractivity contribution in [3.63, 3.8) is 0 Å². The van der Waals surface area contributed by atoms with Crippen LogP contribution in [0.2, 0.25) is 4.34 Å². The lowest BCUT2D eigenvalue weighted by Crippen LogP contribution is -2.24. The second-order valence-electron chi connectivity index (χ2n) is 2.00. The number of hydrazone groups is 1. The number of carbonyl (C=O) groups is 1. The summed E-state index contributed by atoms with van der Waals surface area (Å²) in [5, 5.41) is 3.58. The van der Waals surface area contributed by atoms with Crippen LogP contribution < -0.4 is 11.2 Å². The van der Waals surface area contributed by atoms with E-state index in [4.69, 9.17) is 17.3 Å². The maximum absolute atomic E-state index is 10.2. The van der Waals surface area contributed by atoms with Crippen molar-refractivity contribution < 1.29 is 4.79 Å². The van der Waals surface area contributed by atoms with E-state index in [1.165, 1.54) is 17.6 Å². The number of halogens is 2. The summed E-state index contributed by atoms with van der Waals surface area (Å²) >= 11 is 10.4. The van der Waals surface area contributed by atoms with Gasteiger partial charge in [0.25, 0.3) is 0 Å². The topological polar surface area (TPSA) is 67.5 Å². The van der Waals surface area contributed by atoms with Crippen LogP contribution in [0.3, 0.4) is 0 Å². The highest BCUT2D eigenvalue weighted by Crippen LogP contribution is 2.30. The molecule has 0 fully saturated rings. The first kappa shape index (κ1) is 10.5. The quantitative estimate of drug-likeness (QED) is 0.633. The van der Waals surface area contributed by atoms with Crippen LogP contribution in [0, 0.1) is 0 Å². The molecule has 1 rings (SSSR count). The Balaban J connectivity index is 2.64. The molecule has 0 radical (unpaired) electrons. The molecule has 0 aromatic carbocycles. The Bertz CT molecular complexity index is 332.